The Bertz CT molecular complexity index is 1550. The number of aromatic nitrogens is 1. The van der Waals surface area contributed by atoms with Gasteiger partial charge in [-0.15, -0.1) is 0 Å². The summed E-state index contributed by atoms with van der Waals surface area (Å²) < 4.78 is 7.16. The van der Waals surface area contributed by atoms with Crippen LogP contribution in [0.4, 0.5) is 5.69 Å². The Hall–Kier alpha value is -3.68. The minimum absolute atomic E-state index is 0.248. The predicted octanol–water partition coefficient (Wildman–Crippen LogP) is 4.12. The molecule has 4 aromatic rings. The van der Waals surface area contributed by atoms with E-state index in [9.17, 15) is 9.59 Å². The Balaban J connectivity index is 1.71. The molecular formula is C25H18ClN3O3S. The molecule has 0 spiro atoms. The Labute approximate surface area is 197 Å². The minimum Gasteiger partial charge on any atom is -0.472 e. The molecule has 1 atom stereocenters. The lowest BCUT2D eigenvalue weighted by molar-refractivity contribution is -0.113. The first-order valence-electron chi connectivity index (χ1n) is 10.2. The van der Waals surface area contributed by atoms with Crippen LogP contribution in [0.2, 0.25) is 5.02 Å². The van der Waals surface area contributed by atoms with Crippen LogP contribution in [-0.2, 0) is 4.79 Å². The van der Waals surface area contributed by atoms with Crippen LogP contribution in [0.3, 0.4) is 0 Å². The fourth-order valence-corrected chi connectivity index (χ4v) is 5.12. The Morgan fingerprint density at radius 2 is 1.91 bits per heavy atom. The summed E-state index contributed by atoms with van der Waals surface area (Å²) in [4.78, 5) is 32.1. The summed E-state index contributed by atoms with van der Waals surface area (Å²) in [6, 6.07) is 17.4. The number of para-hydroxylation sites is 1. The lowest BCUT2D eigenvalue weighted by atomic mass is 9.95. The van der Waals surface area contributed by atoms with Crippen LogP contribution in [0, 0.1) is 0 Å². The van der Waals surface area contributed by atoms with Gasteiger partial charge in [0.15, 0.2) is 4.80 Å². The molecule has 5 rings (SSSR count). The maximum atomic E-state index is 13.5. The van der Waals surface area contributed by atoms with Gasteiger partial charge in [-0.1, -0.05) is 59.3 Å². The summed E-state index contributed by atoms with van der Waals surface area (Å²) in [6.45, 7) is 1.77. The van der Waals surface area contributed by atoms with Gasteiger partial charge in [0.1, 0.15) is 0 Å². The number of carbonyl (C=O) groups excluding carboxylic acids is 1. The normalized spacial score (nSPS) is 15.8. The number of fused-ring (bicyclic) bond motifs is 1. The number of benzene rings is 2. The summed E-state index contributed by atoms with van der Waals surface area (Å²) >= 11 is 7.82. The maximum Gasteiger partial charge on any atom is 0.271 e. The number of thiazole rings is 1. The molecule has 1 aliphatic rings. The number of halogens is 1. The number of hydrogen-bond donors (Lipinski definition) is 1. The molecule has 33 heavy (non-hydrogen) atoms. The van der Waals surface area contributed by atoms with Crippen molar-refractivity contribution in [1.29, 1.82) is 0 Å². The number of anilines is 1. The number of amides is 1. The molecule has 3 heterocycles. The van der Waals surface area contributed by atoms with Crippen LogP contribution in [0.25, 0.3) is 6.08 Å². The Morgan fingerprint density at radius 1 is 1.15 bits per heavy atom. The van der Waals surface area contributed by atoms with Crippen LogP contribution in [0.15, 0.2) is 98.7 Å². The van der Waals surface area contributed by atoms with Gasteiger partial charge in [-0.05, 0) is 42.8 Å². The second-order valence-electron chi connectivity index (χ2n) is 7.48. The standard InChI is InChI=1S/C25H18ClN3O3S/c1-15-21(23(30)28-17-7-3-2-4-8-17)22(18-9-5-6-10-19(18)26)29-24(31)20(33-25(29)27-15)13-16-11-12-32-14-16/h2-14,22H,1H3,(H,28,30)/t22-/m1/s1. The van der Waals surface area contributed by atoms with Crippen LogP contribution < -0.4 is 20.2 Å². The molecule has 2 aromatic heterocycles. The zero-order chi connectivity index (χ0) is 22.9. The lowest BCUT2D eigenvalue weighted by Crippen LogP contribution is -2.40. The van der Waals surface area contributed by atoms with Crippen molar-refractivity contribution in [3.05, 3.63) is 120 Å². The topological polar surface area (TPSA) is 76.6 Å². The van der Waals surface area contributed by atoms with Crippen molar-refractivity contribution in [2.45, 2.75) is 13.0 Å². The van der Waals surface area contributed by atoms with Crippen LogP contribution in [0.1, 0.15) is 24.1 Å². The van der Waals surface area contributed by atoms with Crippen LogP contribution >= 0.6 is 22.9 Å². The fourth-order valence-electron chi connectivity index (χ4n) is 3.83. The van der Waals surface area contributed by atoms with Crippen molar-refractivity contribution in [1.82, 2.24) is 4.57 Å². The molecule has 0 radical (unpaired) electrons. The van der Waals surface area contributed by atoms with Gasteiger partial charge in [-0.2, -0.15) is 0 Å². The molecular weight excluding hydrogens is 458 g/mol. The maximum absolute atomic E-state index is 13.5. The molecule has 8 heteroatoms. The van der Waals surface area contributed by atoms with Crippen molar-refractivity contribution in [3.63, 3.8) is 0 Å². The van der Waals surface area contributed by atoms with Gasteiger partial charge in [0.05, 0.1) is 34.4 Å². The first-order chi connectivity index (χ1) is 16.0. The summed E-state index contributed by atoms with van der Waals surface area (Å²) in [6.07, 6.45) is 4.86. The lowest BCUT2D eigenvalue weighted by Gasteiger charge is -2.26. The first kappa shape index (κ1) is 21.2. The van der Waals surface area contributed by atoms with E-state index in [1.165, 1.54) is 11.3 Å². The van der Waals surface area contributed by atoms with Gasteiger partial charge in [-0.25, -0.2) is 4.99 Å². The molecule has 1 N–H and O–H groups in total. The highest BCUT2D eigenvalue weighted by Crippen LogP contribution is 2.34. The molecule has 0 saturated carbocycles. The highest BCUT2D eigenvalue weighted by atomic mass is 35.5. The van der Waals surface area contributed by atoms with Crippen molar-refractivity contribution < 1.29 is 9.21 Å². The van der Waals surface area contributed by atoms with Gasteiger partial charge in [-0.3, -0.25) is 14.2 Å². The largest absolute Gasteiger partial charge is 0.472 e. The zero-order valence-electron chi connectivity index (χ0n) is 17.5. The number of nitrogens with one attached hydrogen (secondary N) is 1. The molecule has 0 bridgehead atoms. The van der Waals surface area contributed by atoms with Gasteiger partial charge in [0.25, 0.3) is 11.5 Å². The quantitative estimate of drug-likeness (QED) is 0.482. The van der Waals surface area contributed by atoms with E-state index in [1.54, 1.807) is 54.4 Å². The molecule has 0 unspecified atom stereocenters. The summed E-state index contributed by atoms with van der Waals surface area (Å²) in [5.41, 5.74) is 2.73. The highest BCUT2D eigenvalue weighted by Gasteiger charge is 2.33. The number of rotatable bonds is 4. The van der Waals surface area contributed by atoms with Gasteiger partial charge in [0, 0.05) is 16.3 Å². The van der Waals surface area contributed by atoms with Crippen LogP contribution in [-0.4, -0.2) is 10.5 Å². The summed E-state index contributed by atoms with van der Waals surface area (Å²) in [5, 5.41) is 3.39. The van der Waals surface area contributed by atoms with Crippen molar-refractivity contribution >= 4 is 40.6 Å². The molecule has 2 aromatic carbocycles. The predicted molar refractivity (Wildman–Crippen MR) is 129 cm³/mol. The third kappa shape index (κ3) is 3.97. The smallest absolute Gasteiger partial charge is 0.271 e. The molecule has 164 valence electrons. The average Bonchev–Trinajstić information content (AvgIpc) is 3.42. The van der Waals surface area contributed by atoms with E-state index in [2.05, 4.69) is 10.3 Å². The highest BCUT2D eigenvalue weighted by molar-refractivity contribution is 7.07. The van der Waals surface area contributed by atoms with E-state index >= 15 is 0 Å². The second kappa shape index (κ2) is 8.69. The minimum atomic E-state index is -0.717. The summed E-state index contributed by atoms with van der Waals surface area (Å²) in [7, 11) is 0. The molecule has 1 aliphatic heterocycles. The van der Waals surface area contributed by atoms with Crippen molar-refractivity contribution in [3.8, 4) is 0 Å². The van der Waals surface area contributed by atoms with Gasteiger partial charge in [0.2, 0.25) is 0 Å². The molecule has 6 nitrogen and oxygen atoms in total. The molecule has 1 amide bonds. The second-order valence-corrected chi connectivity index (χ2v) is 8.90. The molecule has 0 aliphatic carbocycles. The van der Waals surface area contributed by atoms with E-state index in [0.717, 1.165) is 5.56 Å². The van der Waals surface area contributed by atoms with E-state index in [4.69, 9.17) is 16.0 Å². The molecule has 0 fully saturated rings. The third-order valence-corrected chi connectivity index (χ3v) is 6.67. The van der Waals surface area contributed by atoms with Crippen molar-refractivity contribution in [2.75, 3.05) is 5.32 Å². The van der Waals surface area contributed by atoms with E-state index in [-0.39, 0.29) is 11.5 Å². The first-order valence-corrected chi connectivity index (χ1v) is 11.4. The fraction of sp³-hybridized carbons (Fsp3) is 0.0800. The van der Waals surface area contributed by atoms with Gasteiger partial charge < -0.3 is 9.73 Å². The average molecular weight is 476 g/mol. The monoisotopic (exact) mass is 475 g/mol. The zero-order valence-corrected chi connectivity index (χ0v) is 19.1. The number of allylic oxidation sites excluding steroid dienone is 1. The van der Waals surface area contributed by atoms with E-state index < -0.39 is 6.04 Å². The van der Waals surface area contributed by atoms with Crippen LogP contribution in [0.5, 0.6) is 0 Å². The van der Waals surface area contributed by atoms with E-state index in [0.29, 0.717) is 36.9 Å². The third-order valence-electron chi connectivity index (χ3n) is 5.34. The van der Waals surface area contributed by atoms with Crippen molar-refractivity contribution in [2.24, 2.45) is 4.99 Å². The molecule has 0 saturated heterocycles. The van der Waals surface area contributed by atoms with Gasteiger partial charge >= 0.3 is 0 Å². The number of nitrogens with zero attached hydrogens (tertiary/aromatic N) is 2. The Kier molecular flexibility index (Phi) is 5.58. The SMILES string of the molecule is CC1=C(C(=O)Nc2ccccc2)[C@@H](c2ccccc2Cl)n2c(sc(=Cc3ccoc3)c2=O)=N1. The number of hydrogen-bond acceptors (Lipinski definition) is 5. The Morgan fingerprint density at radius 3 is 2.64 bits per heavy atom. The number of carbonyl (C=O) groups is 1. The van der Waals surface area contributed by atoms with E-state index in [1.807, 2.05) is 36.4 Å². The summed E-state index contributed by atoms with van der Waals surface area (Å²) in [5.74, 6) is -0.337. The number of furan rings is 1.